The van der Waals surface area contributed by atoms with E-state index in [2.05, 4.69) is 5.32 Å². The fourth-order valence-electron chi connectivity index (χ4n) is 3.67. The maximum atomic E-state index is 13.8. The smallest absolute Gasteiger partial charge is 0.244 e. The van der Waals surface area contributed by atoms with Crippen LogP contribution >= 0.6 is 34.8 Å². The van der Waals surface area contributed by atoms with Gasteiger partial charge in [-0.2, -0.15) is 0 Å². The van der Waals surface area contributed by atoms with Crippen LogP contribution in [-0.4, -0.2) is 49.5 Å². The van der Waals surface area contributed by atoms with E-state index in [0.29, 0.717) is 26.2 Å². The number of nitrogens with zero attached hydrogens (tertiary/aromatic N) is 2. The van der Waals surface area contributed by atoms with Crippen LogP contribution in [0.1, 0.15) is 45.2 Å². The zero-order valence-electron chi connectivity index (χ0n) is 21.2. The summed E-state index contributed by atoms with van der Waals surface area (Å²) in [6.07, 6.45) is 1.30. The van der Waals surface area contributed by atoms with Crippen molar-refractivity contribution in [1.82, 2.24) is 10.2 Å². The molecule has 2 rings (SSSR count). The number of rotatable bonds is 9. The van der Waals surface area contributed by atoms with Gasteiger partial charge in [-0.1, -0.05) is 53.9 Å². The number of benzene rings is 2. The van der Waals surface area contributed by atoms with Gasteiger partial charge in [0.15, 0.2) is 0 Å². The molecule has 7 nitrogen and oxygen atoms in total. The highest BCUT2D eigenvalue weighted by Gasteiger charge is 2.34. The highest BCUT2D eigenvalue weighted by Crippen LogP contribution is 2.29. The molecule has 0 aliphatic rings. The molecule has 2 aromatic rings. The van der Waals surface area contributed by atoms with E-state index in [1.807, 2.05) is 20.8 Å². The van der Waals surface area contributed by atoms with Gasteiger partial charge in [-0.3, -0.25) is 13.9 Å². The third-order valence-corrected chi connectivity index (χ3v) is 7.46. The molecule has 0 aliphatic heterocycles. The lowest BCUT2D eigenvalue weighted by Crippen LogP contribution is -2.55. The van der Waals surface area contributed by atoms with Gasteiger partial charge in [0.25, 0.3) is 0 Å². The van der Waals surface area contributed by atoms with Gasteiger partial charge in [0.1, 0.15) is 12.6 Å². The van der Waals surface area contributed by atoms with Gasteiger partial charge < -0.3 is 10.2 Å². The second kappa shape index (κ2) is 12.0. The monoisotopic (exact) mass is 575 g/mol. The minimum absolute atomic E-state index is 0.0838. The van der Waals surface area contributed by atoms with Crippen LogP contribution in [0.15, 0.2) is 36.4 Å². The molecule has 2 aromatic carbocycles. The molecule has 0 bridgehead atoms. The van der Waals surface area contributed by atoms with Crippen LogP contribution in [0, 0.1) is 6.92 Å². The van der Waals surface area contributed by atoms with Gasteiger partial charge in [0.05, 0.1) is 11.9 Å². The number of anilines is 1. The lowest BCUT2D eigenvalue weighted by Gasteiger charge is -2.35. The average Bonchev–Trinajstić information content (AvgIpc) is 2.73. The summed E-state index contributed by atoms with van der Waals surface area (Å²) in [5.74, 6) is -0.960. The Morgan fingerprint density at radius 2 is 1.64 bits per heavy atom. The summed E-state index contributed by atoms with van der Waals surface area (Å²) in [6.45, 7) is 8.38. The van der Waals surface area contributed by atoms with Crippen LogP contribution in [0.2, 0.25) is 15.1 Å². The second-order valence-electron chi connectivity index (χ2n) is 9.59. The van der Waals surface area contributed by atoms with Crippen LogP contribution < -0.4 is 9.62 Å². The van der Waals surface area contributed by atoms with E-state index in [1.165, 1.54) is 11.0 Å². The van der Waals surface area contributed by atoms with Gasteiger partial charge in [-0.25, -0.2) is 8.42 Å². The predicted molar refractivity (Wildman–Crippen MR) is 147 cm³/mol. The summed E-state index contributed by atoms with van der Waals surface area (Å²) in [4.78, 5) is 28.3. The molecule has 0 saturated heterocycles. The molecule has 0 aromatic heterocycles. The van der Waals surface area contributed by atoms with Crippen molar-refractivity contribution in [3.05, 3.63) is 62.6 Å². The molecule has 1 N–H and O–H groups in total. The number of aryl methyl sites for hydroxylation is 1. The van der Waals surface area contributed by atoms with Gasteiger partial charge in [-0.05, 0) is 63.9 Å². The molecule has 0 radical (unpaired) electrons. The largest absolute Gasteiger partial charge is 0.350 e. The molecule has 36 heavy (non-hydrogen) atoms. The molecule has 0 unspecified atom stereocenters. The zero-order valence-corrected chi connectivity index (χ0v) is 24.3. The molecule has 0 heterocycles. The number of nitrogens with one attached hydrogen (secondary N) is 1. The Morgan fingerprint density at radius 3 is 2.14 bits per heavy atom. The van der Waals surface area contributed by atoms with Crippen molar-refractivity contribution in [2.24, 2.45) is 0 Å². The lowest BCUT2D eigenvalue weighted by molar-refractivity contribution is -0.141. The lowest BCUT2D eigenvalue weighted by atomic mass is 10.1. The summed E-state index contributed by atoms with van der Waals surface area (Å²) in [5, 5.41) is 3.89. The highest BCUT2D eigenvalue weighted by molar-refractivity contribution is 7.92. The Labute approximate surface area is 228 Å². The Balaban J connectivity index is 2.57. The minimum atomic E-state index is -3.88. The fourth-order valence-corrected chi connectivity index (χ4v) is 5.25. The van der Waals surface area contributed by atoms with Crippen molar-refractivity contribution in [3.63, 3.8) is 0 Å². The van der Waals surface area contributed by atoms with E-state index < -0.39 is 34.1 Å². The zero-order chi connectivity index (χ0) is 27.4. The summed E-state index contributed by atoms with van der Waals surface area (Å²) < 4.78 is 26.5. The van der Waals surface area contributed by atoms with Gasteiger partial charge in [-0.15, -0.1) is 0 Å². The average molecular weight is 577 g/mol. The summed E-state index contributed by atoms with van der Waals surface area (Å²) in [7, 11) is -3.88. The topological polar surface area (TPSA) is 86.8 Å². The number of hydrogen-bond donors (Lipinski definition) is 1. The van der Waals surface area contributed by atoms with Crippen molar-refractivity contribution in [2.75, 3.05) is 17.1 Å². The highest BCUT2D eigenvalue weighted by atomic mass is 35.5. The van der Waals surface area contributed by atoms with Crippen molar-refractivity contribution in [2.45, 2.75) is 59.2 Å². The van der Waals surface area contributed by atoms with Gasteiger partial charge >= 0.3 is 0 Å². The Morgan fingerprint density at radius 1 is 1.06 bits per heavy atom. The Kier molecular flexibility index (Phi) is 10.1. The van der Waals surface area contributed by atoms with E-state index >= 15 is 0 Å². The maximum Gasteiger partial charge on any atom is 0.244 e. The molecule has 1 atom stereocenters. The van der Waals surface area contributed by atoms with Crippen LogP contribution in [0.25, 0.3) is 0 Å². The van der Waals surface area contributed by atoms with E-state index in [0.717, 1.165) is 10.6 Å². The SMILES string of the molecule is CC[C@@H](C(=O)NC(C)(C)C)N(Cc1c(Cl)cccc1Cl)C(=O)CN(c1cc(Cl)ccc1C)S(C)(=O)=O. The summed E-state index contributed by atoms with van der Waals surface area (Å²) >= 11 is 18.9. The van der Waals surface area contributed by atoms with E-state index in [4.69, 9.17) is 34.8 Å². The third-order valence-electron chi connectivity index (χ3n) is 5.39. The number of carbonyl (C=O) groups is 2. The first-order valence-electron chi connectivity index (χ1n) is 11.3. The molecule has 0 fully saturated rings. The van der Waals surface area contributed by atoms with E-state index in [-0.39, 0.29) is 24.6 Å². The summed E-state index contributed by atoms with van der Waals surface area (Å²) in [6, 6.07) is 8.86. The predicted octanol–water partition coefficient (Wildman–Crippen LogP) is 5.44. The molecular formula is C25H32Cl3N3O4S. The fraction of sp³-hybridized carbons (Fsp3) is 0.440. The molecule has 0 spiro atoms. The first-order valence-corrected chi connectivity index (χ1v) is 14.3. The molecule has 0 saturated carbocycles. The van der Waals surface area contributed by atoms with Crippen LogP contribution in [0.4, 0.5) is 5.69 Å². The first kappa shape index (κ1) is 30.2. The number of halogens is 3. The third kappa shape index (κ3) is 8.00. The molecular weight excluding hydrogens is 545 g/mol. The molecule has 11 heteroatoms. The minimum Gasteiger partial charge on any atom is -0.350 e. The van der Waals surface area contributed by atoms with Crippen molar-refractivity contribution < 1.29 is 18.0 Å². The van der Waals surface area contributed by atoms with E-state index in [1.54, 1.807) is 44.2 Å². The maximum absolute atomic E-state index is 13.8. The van der Waals surface area contributed by atoms with Crippen molar-refractivity contribution in [3.8, 4) is 0 Å². The van der Waals surface area contributed by atoms with Crippen LogP contribution in [0.3, 0.4) is 0 Å². The quantitative estimate of drug-likeness (QED) is 0.430. The number of hydrogen-bond acceptors (Lipinski definition) is 4. The standard InChI is InChI=1S/C25H32Cl3N3O4S/c1-7-21(24(33)29-25(3,4)5)30(14-18-19(27)9-8-10-20(18)28)23(32)15-31(36(6,34)35)22-13-17(26)12-11-16(22)2/h8-13,21H,7,14-15H2,1-6H3,(H,29,33)/t21-/m0/s1. The normalized spacial score (nSPS) is 12.7. The van der Waals surface area contributed by atoms with Crippen molar-refractivity contribution in [1.29, 1.82) is 0 Å². The summed E-state index contributed by atoms with van der Waals surface area (Å²) in [5.41, 5.74) is 0.816. The van der Waals surface area contributed by atoms with Crippen molar-refractivity contribution >= 4 is 62.3 Å². The molecule has 0 aliphatic carbocycles. The number of amides is 2. The van der Waals surface area contributed by atoms with Crippen LogP contribution in [0.5, 0.6) is 0 Å². The Bertz CT molecular complexity index is 1210. The van der Waals surface area contributed by atoms with Gasteiger partial charge in [0, 0.05) is 32.7 Å². The molecule has 2 amide bonds. The first-order chi connectivity index (χ1) is 16.5. The van der Waals surface area contributed by atoms with Crippen LogP contribution in [-0.2, 0) is 26.2 Å². The number of carbonyl (C=O) groups excluding carboxylic acids is 2. The Hall–Kier alpha value is -2.00. The molecule has 198 valence electrons. The van der Waals surface area contributed by atoms with Gasteiger partial charge in [0.2, 0.25) is 21.8 Å². The van der Waals surface area contributed by atoms with E-state index in [9.17, 15) is 18.0 Å². The second-order valence-corrected chi connectivity index (χ2v) is 12.7. The number of sulfonamides is 1.